The minimum atomic E-state index is 0.380. The highest BCUT2D eigenvalue weighted by Crippen LogP contribution is 2.11. The summed E-state index contributed by atoms with van der Waals surface area (Å²) < 4.78 is 0. The number of nitrogens with one attached hydrogen (secondary N) is 1. The third kappa shape index (κ3) is 1.16. The van der Waals surface area contributed by atoms with E-state index in [-0.39, 0.29) is 0 Å². The molecule has 1 aliphatic rings. The van der Waals surface area contributed by atoms with Crippen LogP contribution in [-0.4, -0.2) is 30.6 Å². The van der Waals surface area contributed by atoms with Gasteiger partial charge in [-0.2, -0.15) is 11.8 Å². The fourth-order valence-electron chi connectivity index (χ4n) is 0.933. The van der Waals surface area contributed by atoms with Crippen LogP contribution in [0.2, 0.25) is 0 Å². The monoisotopic (exact) mass is 132 g/mol. The molecule has 0 aliphatic carbocycles. The van der Waals surface area contributed by atoms with Crippen molar-refractivity contribution in [2.24, 2.45) is 5.73 Å². The predicted molar refractivity (Wildman–Crippen MR) is 38.1 cm³/mol. The van der Waals surface area contributed by atoms with Crippen LogP contribution in [0.3, 0.4) is 0 Å². The normalized spacial score (nSPS) is 38.2. The Morgan fingerprint density at radius 2 is 2.38 bits per heavy atom. The molecule has 0 unspecified atom stereocenters. The highest BCUT2D eigenvalue weighted by molar-refractivity contribution is 7.99. The molecule has 0 aromatic carbocycles. The molecule has 0 radical (unpaired) electrons. The summed E-state index contributed by atoms with van der Waals surface area (Å²) in [7, 11) is 0. The first-order valence-electron chi connectivity index (χ1n) is 2.83. The molecule has 1 heterocycles. The van der Waals surface area contributed by atoms with Gasteiger partial charge in [-0.15, -0.1) is 0 Å². The molecule has 1 saturated heterocycles. The fraction of sp³-hybridized carbons (Fsp3) is 1.00. The van der Waals surface area contributed by atoms with Crippen LogP contribution in [0.5, 0.6) is 0 Å². The molecule has 1 aliphatic heterocycles. The van der Waals surface area contributed by atoms with Gasteiger partial charge in [0.25, 0.3) is 0 Å². The molecule has 0 aromatic heterocycles. The summed E-state index contributed by atoms with van der Waals surface area (Å²) in [4.78, 5) is 0. The quantitative estimate of drug-likeness (QED) is 0.512. The first-order valence-corrected chi connectivity index (χ1v) is 4.12. The molecule has 1 rings (SSSR count). The highest BCUT2D eigenvalue weighted by Gasteiger charge is 2.21. The maximum atomic E-state index is 5.71. The summed E-state index contributed by atoms with van der Waals surface area (Å²) in [6, 6.07) is 0.380. The lowest BCUT2D eigenvalue weighted by atomic mass is 10.3. The number of rotatable bonds is 1. The Balaban J connectivity index is 2.30. The van der Waals surface area contributed by atoms with Gasteiger partial charge in [-0.05, 0) is 6.26 Å². The van der Waals surface area contributed by atoms with Crippen molar-refractivity contribution in [2.75, 3.05) is 19.3 Å². The lowest BCUT2D eigenvalue weighted by Gasteiger charge is -2.08. The molecule has 2 nitrogen and oxygen atoms in total. The number of hydrogen-bond acceptors (Lipinski definition) is 3. The van der Waals surface area contributed by atoms with Gasteiger partial charge in [0.1, 0.15) is 0 Å². The van der Waals surface area contributed by atoms with E-state index in [1.54, 1.807) is 0 Å². The molecule has 8 heavy (non-hydrogen) atoms. The highest BCUT2D eigenvalue weighted by atomic mass is 32.2. The van der Waals surface area contributed by atoms with E-state index in [0.29, 0.717) is 11.3 Å². The lowest BCUT2D eigenvalue weighted by molar-refractivity contribution is 0.752. The van der Waals surface area contributed by atoms with Crippen LogP contribution in [0.1, 0.15) is 0 Å². The first-order chi connectivity index (χ1) is 3.84. The van der Waals surface area contributed by atoms with E-state index >= 15 is 0 Å². The summed E-state index contributed by atoms with van der Waals surface area (Å²) in [6.45, 7) is 2.08. The van der Waals surface area contributed by atoms with Crippen LogP contribution < -0.4 is 11.1 Å². The molecule has 0 aromatic rings. The minimum Gasteiger partial charge on any atom is -0.326 e. The zero-order chi connectivity index (χ0) is 5.98. The Kier molecular flexibility index (Phi) is 2.16. The van der Waals surface area contributed by atoms with Crippen molar-refractivity contribution in [3.63, 3.8) is 0 Å². The number of thioether (sulfide) groups is 1. The van der Waals surface area contributed by atoms with E-state index in [0.717, 1.165) is 13.1 Å². The van der Waals surface area contributed by atoms with Gasteiger partial charge in [0.15, 0.2) is 0 Å². The molecule has 0 bridgehead atoms. The van der Waals surface area contributed by atoms with Gasteiger partial charge in [-0.3, -0.25) is 0 Å². The maximum absolute atomic E-state index is 5.71. The molecule has 48 valence electrons. The van der Waals surface area contributed by atoms with E-state index in [9.17, 15) is 0 Å². The maximum Gasteiger partial charge on any atom is 0.0333 e. The smallest absolute Gasteiger partial charge is 0.0333 e. The average Bonchev–Trinajstić information content (AvgIpc) is 2.14. The SMILES string of the molecule is CS[C@@H]1CNC[C@H]1N. The number of nitrogens with two attached hydrogens (primary N) is 1. The third-order valence-electron chi connectivity index (χ3n) is 1.51. The summed E-state index contributed by atoms with van der Waals surface area (Å²) in [5.41, 5.74) is 5.71. The summed E-state index contributed by atoms with van der Waals surface area (Å²) >= 11 is 1.85. The van der Waals surface area contributed by atoms with Crippen LogP contribution in [0.15, 0.2) is 0 Å². The summed E-state index contributed by atoms with van der Waals surface area (Å²) in [5.74, 6) is 0. The van der Waals surface area contributed by atoms with Crippen LogP contribution in [0.25, 0.3) is 0 Å². The average molecular weight is 132 g/mol. The second-order valence-electron chi connectivity index (χ2n) is 2.10. The van der Waals surface area contributed by atoms with E-state index in [1.165, 1.54) is 0 Å². The Bertz CT molecular complexity index is 76.8. The number of hydrogen-bond donors (Lipinski definition) is 2. The van der Waals surface area contributed by atoms with E-state index < -0.39 is 0 Å². The predicted octanol–water partition coefficient (Wildman–Crippen LogP) is -0.351. The third-order valence-corrected chi connectivity index (χ3v) is 2.63. The van der Waals surface area contributed by atoms with E-state index in [2.05, 4.69) is 11.6 Å². The van der Waals surface area contributed by atoms with Crippen LogP contribution in [0.4, 0.5) is 0 Å². The van der Waals surface area contributed by atoms with E-state index in [4.69, 9.17) is 5.73 Å². The molecular formula is C5H12N2S. The molecule has 0 spiro atoms. The summed E-state index contributed by atoms with van der Waals surface area (Å²) in [5, 5.41) is 3.88. The molecule has 0 amide bonds. The Morgan fingerprint density at radius 3 is 2.62 bits per heavy atom. The standard InChI is InChI=1S/C5H12N2S/c1-8-5-3-7-2-4(5)6/h4-5,7H,2-3,6H2,1H3/t4-,5-/m1/s1. The van der Waals surface area contributed by atoms with Crippen molar-refractivity contribution in [1.29, 1.82) is 0 Å². The molecular weight excluding hydrogens is 120 g/mol. The molecule has 3 N–H and O–H groups in total. The van der Waals surface area contributed by atoms with Crippen LogP contribution in [0, 0.1) is 0 Å². The minimum absolute atomic E-state index is 0.380. The van der Waals surface area contributed by atoms with Gasteiger partial charge in [0.05, 0.1) is 0 Å². The molecule has 0 saturated carbocycles. The zero-order valence-electron chi connectivity index (χ0n) is 5.05. The second-order valence-corrected chi connectivity index (χ2v) is 3.17. The fourth-order valence-corrected chi connectivity index (χ4v) is 1.66. The van der Waals surface area contributed by atoms with Gasteiger partial charge in [0, 0.05) is 24.4 Å². The van der Waals surface area contributed by atoms with Crippen molar-refractivity contribution in [1.82, 2.24) is 5.32 Å². The van der Waals surface area contributed by atoms with Gasteiger partial charge >= 0.3 is 0 Å². The zero-order valence-corrected chi connectivity index (χ0v) is 5.87. The van der Waals surface area contributed by atoms with Crippen molar-refractivity contribution >= 4 is 11.8 Å². The molecule has 2 atom stereocenters. The van der Waals surface area contributed by atoms with Crippen LogP contribution in [-0.2, 0) is 0 Å². The first kappa shape index (κ1) is 6.39. The van der Waals surface area contributed by atoms with Gasteiger partial charge < -0.3 is 11.1 Å². The lowest BCUT2D eigenvalue weighted by Crippen LogP contribution is -2.30. The van der Waals surface area contributed by atoms with Gasteiger partial charge in [-0.25, -0.2) is 0 Å². The Labute approximate surface area is 54.2 Å². The van der Waals surface area contributed by atoms with Crippen molar-refractivity contribution < 1.29 is 0 Å². The van der Waals surface area contributed by atoms with E-state index in [1.807, 2.05) is 11.8 Å². The topological polar surface area (TPSA) is 38.0 Å². The Hall–Kier alpha value is 0.270. The molecule has 3 heteroatoms. The van der Waals surface area contributed by atoms with Crippen molar-refractivity contribution in [2.45, 2.75) is 11.3 Å². The van der Waals surface area contributed by atoms with Crippen molar-refractivity contribution in [3.8, 4) is 0 Å². The largest absolute Gasteiger partial charge is 0.326 e. The van der Waals surface area contributed by atoms with Gasteiger partial charge in [0.2, 0.25) is 0 Å². The second kappa shape index (κ2) is 2.71. The van der Waals surface area contributed by atoms with Crippen LogP contribution >= 0.6 is 11.8 Å². The summed E-state index contributed by atoms with van der Waals surface area (Å²) in [6.07, 6.45) is 2.11. The molecule has 1 fully saturated rings. The Morgan fingerprint density at radius 1 is 1.62 bits per heavy atom. The van der Waals surface area contributed by atoms with Gasteiger partial charge in [-0.1, -0.05) is 0 Å². The van der Waals surface area contributed by atoms with Crippen molar-refractivity contribution in [3.05, 3.63) is 0 Å².